The predicted molar refractivity (Wildman–Crippen MR) is 83.4 cm³/mol. The molecule has 0 radical (unpaired) electrons. The van der Waals surface area contributed by atoms with Gasteiger partial charge in [0.1, 0.15) is 11.5 Å². The Morgan fingerprint density at radius 2 is 1.71 bits per heavy atom. The maximum Gasteiger partial charge on any atom is 0.123 e. The zero-order valence-corrected chi connectivity index (χ0v) is 12.2. The van der Waals surface area contributed by atoms with E-state index < -0.39 is 0 Å². The Kier molecular flexibility index (Phi) is 3.57. The lowest BCUT2D eigenvalue weighted by Gasteiger charge is -2.03. The topological polar surface area (TPSA) is 43.8 Å². The van der Waals surface area contributed by atoms with E-state index in [-0.39, 0.29) is 5.82 Å². The second kappa shape index (κ2) is 5.39. The number of nitrogens with zero attached hydrogens (tertiary/aromatic N) is 2. The van der Waals surface area contributed by atoms with Crippen molar-refractivity contribution in [1.82, 2.24) is 9.78 Å². The first-order valence-corrected chi connectivity index (χ1v) is 6.87. The Morgan fingerprint density at radius 1 is 1.00 bits per heavy atom. The summed E-state index contributed by atoms with van der Waals surface area (Å²) >= 11 is 11.9. The van der Waals surface area contributed by atoms with Gasteiger partial charge < -0.3 is 5.73 Å². The third-order valence-electron chi connectivity index (χ3n) is 3.03. The molecule has 1 aromatic heterocycles. The minimum Gasteiger partial charge on any atom is -0.396 e. The number of nitrogens with two attached hydrogens (primary N) is 1. The molecule has 0 bridgehead atoms. The quantitative estimate of drug-likeness (QED) is 0.751. The highest BCUT2D eigenvalue weighted by Crippen LogP contribution is 2.28. The van der Waals surface area contributed by atoms with Crippen molar-refractivity contribution in [2.24, 2.45) is 0 Å². The minimum atomic E-state index is -0.304. The van der Waals surface area contributed by atoms with E-state index >= 15 is 0 Å². The molecule has 0 aliphatic heterocycles. The summed E-state index contributed by atoms with van der Waals surface area (Å²) in [5.74, 6) is -0.304. The summed E-state index contributed by atoms with van der Waals surface area (Å²) < 4.78 is 14.6. The summed E-state index contributed by atoms with van der Waals surface area (Å²) in [4.78, 5) is 0. The van der Waals surface area contributed by atoms with Gasteiger partial charge in [0.2, 0.25) is 0 Å². The van der Waals surface area contributed by atoms with Crippen LogP contribution in [0.25, 0.3) is 16.9 Å². The highest BCUT2D eigenvalue weighted by atomic mass is 35.5. The van der Waals surface area contributed by atoms with Crippen LogP contribution in [0.4, 0.5) is 10.1 Å². The largest absolute Gasteiger partial charge is 0.396 e. The molecule has 0 unspecified atom stereocenters. The molecule has 0 atom stereocenters. The molecule has 0 saturated heterocycles. The number of benzene rings is 2. The molecular weight excluding hydrogens is 312 g/mol. The molecule has 6 heteroatoms. The van der Waals surface area contributed by atoms with Gasteiger partial charge in [0.05, 0.1) is 27.6 Å². The van der Waals surface area contributed by atoms with Crippen molar-refractivity contribution >= 4 is 28.9 Å². The van der Waals surface area contributed by atoms with Gasteiger partial charge in [-0.05, 0) is 42.5 Å². The highest BCUT2D eigenvalue weighted by molar-refractivity contribution is 6.42. The van der Waals surface area contributed by atoms with E-state index in [1.54, 1.807) is 41.2 Å². The maximum absolute atomic E-state index is 13.0. The van der Waals surface area contributed by atoms with E-state index in [9.17, 15) is 4.39 Å². The fourth-order valence-corrected chi connectivity index (χ4v) is 2.27. The van der Waals surface area contributed by atoms with E-state index in [2.05, 4.69) is 5.10 Å². The third kappa shape index (κ3) is 2.73. The number of nitrogen functional groups attached to an aromatic ring is 1. The molecule has 2 N–H and O–H groups in total. The van der Waals surface area contributed by atoms with Crippen molar-refractivity contribution in [2.45, 2.75) is 0 Å². The lowest BCUT2D eigenvalue weighted by atomic mass is 10.1. The standard InChI is InChI=1S/C15H10Cl2FN3/c16-12-6-5-11(7-13(12)17)21-8-14(19)15(20-21)9-1-3-10(18)4-2-9/h1-8H,19H2. The van der Waals surface area contributed by atoms with E-state index in [4.69, 9.17) is 28.9 Å². The van der Waals surface area contributed by atoms with E-state index in [1.807, 2.05) is 0 Å². The molecule has 21 heavy (non-hydrogen) atoms. The summed E-state index contributed by atoms with van der Waals surface area (Å²) in [6, 6.07) is 11.2. The Labute approximate surface area is 130 Å². The predicted octanol–water partition coefficient (Wildman–Crippen LogP) is 4.57. The Hall–Kier alpha value is -2.04. The second-order valence-corrected chi connectivity index (χ2v) is 5.30. The van der Waals surface area contributed by atoms with Gasteiger partial charge in [-0.2, -0.15) is 5.10 Å². The van der Waals surface area contributed by atoms with Gasteiger partial charge in [0.25, 0.3) is 0 Å². The minimum absolute atomic E-state index is 0.304. The Bertz CT molecular complexity index is 797. The fraction of sp³-hybridized carbons (Fsp3) is 0. The Morgan fingerprint density at radius 3 is 2.38 bits per heavy atom. The summed E-state index contributed by atoms with van der Waals surface area (Å²) in [7, 11) is 0. The van der Waals surface area contributed by atoms with Crippen LogP contribution in [0.5, 0.6) is 0 Å². The van der Waals surface area contributed by atoms with Gasteiger partial charge >= 0.3 is 0 Å². The van der Waals surface area contributed by atoms with Crippen molar-refractivity contribution in [2.75, 3.05) is 5.73 Å². The zero-order chi connectivity index (χ0) is 15.0. The number of rotatable bonds is 2. The van der Waals surface area contributed by atoms with Crippen LogP contribution in [-0.2, 0) is 0 Å². The van der Waals surface area contributed by atoms with Crippen molar-refractivity contribution in [1.29, 1.82) is 0 Å². The summed E-state index contributed by atoms with van der Waals surface area (Å²) in [6.07, 6.45) is 1.68. The molecule has 0 fully saturated rings. The van der Waals surface area contributed by atoms with Gasteiger partial charge in [0, 0.05) is 5.56 Å². The van der Waals surface area contributed by atoms with Crippen LogP contribution < -0.4 is 5.73 Å². The number of hydrogen-bond acceptors (Lipinski definition) is 2. The van der Waals surface area contributed by atoms with Crippen LogP contribution in [-0.4, -0.2) is 9.78 Å². The maximum atomic E-state index is 13.0. The van der Waals surface area contributed by atoms with Crippen LogP contribution in [0.15, 0.2) is 48.7 Å². The van der Waals surface area contributed by atoms with Gasteiger partial charge in [-0.15, -0.1) is 0 Å². The Balaban J connectivity index is 2.04. The number of aromatic nitrogens is 2. The number of halogens is 3. The normalized spacial score (nSPS) is 10.8. The second-order valence-electron chi connectivity index (χ2n) is 4.48. The smallest absolute Gasteiger partial charge is 0.123 e. The molecule has 0 spiro atoms. The highest BCUT2D eigenvalue weighted by Gasteiger charge is 2.10. The van der Waals surface area contributed by atoms with Crippen molar-refractivity contribution in [3.8, 4) is 16.9 Å². The summed E-state index contributed by atoms with van der Waals surface area (Å²) in [6.45, 7) is 0. The molecular formula is C15H10Cl2FN3. The number of anilines is 1. The molecule has 0 amide bonds. The van der Waals surface area contributed by atoms with Crippen LogP contribution in [0.1, 0.15) is 0 Å². The van der Waals surface area contributed by atoms with Crippen LogP contribution in [0.2, 0.25) is 10.0 Å². The van der Waals surface area contributed by atoms with Crippen LogP contribution in [0.3, 0.4) is 0 Å². The molecule has 3 rings (SSSR count). The molecule has 106 valence electrons. The molecule has 0 aliphatic carbocycles. The van der Waals surface area contributed by atoms with Gasteiger partial charge in [-0.25, -0.2) is 9.07 Å². The molecule has 3 aromatic rings. The summed E-state index contributed by atoms with van der Waals surface area (Å²) in [5.41, 5.74) is 8.54. The number of hydrogen-bond donors (Lipinski definition) is 1. The molecule has 1 heterocycles. The first-order valence-electron chi connectivity index (χ1n) is 6.11. The average Bonchev–Trinajstić information content (AvgIpc) is 2.85. The first-order chi connectivity index (χ1) is 10.0. The van der Waals surface area contributed by atoms with Crippen molar-refractivity contribution in [3.05, 3.63) is 64.5 Å². The average molecular weight is 322 g/mol. The van der Waals surface area contributed by atoms with E-state index in [0.29, 0.717) is 21.4 Å². The van der Waals surface area contributed by atoms with Crippen molar-refractivity contribution in [3.63, 3.8) is 0 Å². The zero-order valence-electron chi connectivity index (χ0n) is 10.7. The van der Waals surface area contributed by atoms with Crippen molar-refractivity contribution < 1.29 is 4.39 Å². The lowest BCUT2D eigenvalue weighted by molar-refractivity contribution is 0.628. The monoisotopic (exact) mass is 321 g/mol. The SMILES string of the molecule is Nc1cn(-c2ccc(Cl)c(Cl)c2)nc1-c1ccc(F)cc1. The van der Waals surface area contributed by atoms with Gasteiger partial charge in [-0.3, -0.25) is 0 Å². The fourth-order valence-electron chi connectivity index (χ4n) is 1.98. The third-order valence-corrected chi connectivity index (χ3v) is 3.77. The van der Waals surface area contributed by atoms with E-state index in [1.165, 1.54) is 12.1 Å². The molecule has 2 aromatic carbocycles. The molecule has 3 nitrogen and oxygen atoms in total. The van der Waals surface area contributed by atoms with E-state index in [0.717, 1.165) is 11.3 Å². The first kappa shape index (κ1) is 13.9. The van der Waals surface area contributed by atoms with Crippen LogP contribution in [0, 0.1) is 5.82 Å². The summed E-state index contributed by atoms with van der Waals surface area (Å²) in [5, 5.41) is 5.33. The molecule has 0 saturated carbocycles. The molecule has 0 aliphatic rings. The lowest BCUT2D eigenvalue weighted by Crippen LogP contribution is -1.94. The van der Waals surface area contributed by atoms with Crippen LogP contribution >= 0.6 is 23.2 Å². The van der Waals surface area contributed by atoms with Gasteiger partial charge in [0.15, 0.2) is 0 Å². The van der Waals surface area contributed by atoms with Gasteiger partial charge in [-0.1, -0.05) is 23.2 Å².